The van der Waals surface area contributed by atoms with Crippen LogP contribution in [-0.2, 0) is 20.9 Å². The number of aliphatic hydroxyl groups excluding tert-OH is 2. The van der Waals surface area contributed by atoms with Crippen LogP contribution >= 0.6 is 0 Å². The van der Waals surface area contributed by atoms with Crippen LogP contribution in [0.1, 0.15) is 56.5 Å². The van der Waals surface area contributed by atoms with E-state index in [0.29, 0.717) is 61.6 Å². The minimum atomic E-state index is -0.839. The fourth-order valence-electron chi connectivity index (χ4n) is 8.27. The van der Waals surface area contributed by atoms with Gasteiger partial charge in [-0.2, -0.15) is 5.06 Å². The summed E-state index contributed by atoms with van der Waals surface area (Å²) in [6.45, 7) is 11.0. The molecule has 5 fully saturated rings. The van der Waals surface area contributed by atoms with E-state index in [1.807, 2.05) is 47.4 Å². The van der Waals surface area contributed by atoms with Gasteiger partial charge < -0.3 is 25.2 Å². The molecule has 0 spiro atoms. The van der Waals surface area contributed by atoms with Gasteiger partial charge in [-0.15, -0.1) is 0 Å². The van der Waals surface area contributed by atoms with Crippen molar-refractivity contribution in [3.63, 3.8) is 0 Å². The van der Waals surface area contributed by atoms with E-state index in [1.54, 1.807) is 12.0 Å². The van der Waals surface area contributed by atoms with Crippen LogP contribution in [0, 0.1) is 29.1 Å². The Kier molecular flexibility index (Phi) is 8.87. The number of aliphatic hydroxyl groups is 2. The Hall–Kier alpha value is -2.82. The van der Waals surface area contributed by atoms with E-state index >= 15 is 0 Å². The van der Waals surface area contributed by atoms with Gasteiger partial charge in [0.05, 0.1) is 32.5 Å². The number of hydrogen-bond acceptors (Lipinski definition) is 7. The standard InChI is InChI=1S/C35H47N3O6/c1-21-28-17-27(35(28,3)4)18-29(21)36-33(41)32-31(22(2)40)30(20-39)44-38(32)19-23-6-5-7-26(16-23)24-8-10-25(11-9-24)34(42)37-12-14-43-15-13-37/h5-11,16,21-22,27-32,39-40H,12-15,17-20H2,1-4H3,(H,36,41)/t21-,22-,27+,28-,29-,30-,31+,32-/m0/s1. The van der Waals surface area contributed by atoms with Crippen molar-refractivity contribution < 1.29 is 29.4 Å². The summed E-state index contributed by atoms with van der Waals surface area (Å²) in [6.07, 6.45) is 0.674. The first kappa shape index (κ1) is 31.2. The maximum absolute atomic E-state index is 13.9. The summed E-state index contributed by atoms with van der Waals surface area (Å²) in [5.74, 6) is 0.870. The Morgan fingerprint density at radius 2 is 1.80 bits per heavy atom. The highest BCUT2D eigenvalue weighted by Crippen LogP contribution is 2.61. The maximum Gasteiger partial charge on any atom is 0.254 e. The van der Waals surface area contributed by atoms with Gasteiger partial charge in [-0.05, 0) is 77.8 Å². The number of carbonyl (C=O) groups excluding carboxylic acids is 2. The first-order valence-corrected chi connectivity index (χ1v) is 16.2. The van der Waals surface area contributed by atoms with Gasteiger partial charge in [0.25, 0.3) is 5.91 Å². The number of amides is 2. The highest BCUT2D eigenvalue weighted by atomic mass is 16.7. The molecule has 44 heavy (non-hydrogen) atoms. The summed E-state index contributed by atoms with van der Waals surface area (Å²) < 4.78 is 5.37. The quantitative estimate of drug-likeness (QED) is 0.423. The molecule has 8 atom stereocenters. The van der Waals surface area contributed by atoms with Crippen molar-refractivity contribution in [3.05, 3.63) is 59.7 Å². The first-order valence-electron chi connectivity index (χ1n) is 16.2. The number of ether oxygens (including phenoxy) is 1. The Morgan fingerprint density at radius 1 is 1.07 bits per heavy atom. The molecule has 7 rings (SSSR count). The van der Waals surface area contributed by atoms with Crippen LogP contribution in [0.15, 0.2) is 48.5 Å². The Labute approximate surface area is 260 Å². The lowest BCUT2D eigenvalue weighted by Gasteiger charge is -2.62. The summed E-state index contributed by atoms with van der Waals surface area (Å²) in [5.41, 5.74) is 3.86. The summed E-state index contributed by atoms with van der Waals surface area (Å²) in [7, 11) is 0. The Morgan fingerprint density at radius 3 is 2.43 bits per heavy atom. The molecule has 3 saturated carbocycles. The molecule has 5 aliphatic rings. The minimum Gasteiger partial charge on any atom is -0.394 e. The largest absolute Gasteiger partial charge is 0.394 e. The molecule has 2 aromatic rings. The number of benzene rings is 2. The van der Waals surface area contributed by atoms with E-state index in [1.165, 1.54) is 6.42 Å². The van der Waals surface area contributed by atoms with E-state index < -0.39 is 24.2 Å². The van der Waals surface area contributed by atoms with Crippen molar-refractivity contribution in [2.24, 2.45) is 29.1 Å². The normalized spacial score (nSPS) is 32.1. The molecule has 9 nitrogen and oxygen atoms in total. The average molecular weight is 606 g/mol. The van der Waals surface area contributed by atoms with E-state index in [2.05, 4.69) is 32.2 Å². The number of carbonyl (C=O) groups is 2. The monoisotopic (exact) mass is 605 g/mol. The molecule has 9 heteroatoms. The lowest BCUT2D eigenvalue weighted by molar-refractivity contribution is -0.183. The van der Waals surface area contributed by atoms with Gasteiger partial charge >= 0.3 is 0 Å². The van der Waals surface area contributed by atoms with Gasteiger partial charge in [-0.1, -0.05) is 51.1 Å². The van der Waals surface area contributed by atoms with Crippen LogP contribution in [-0.4, -0.2) is 89.2 Å². The third-order valence-electron chi connectivity index (χ3n) is 11.1. The molecule has 3 aliphatic carbocycles. The number of hydrogen-bond donors (Lipinski definition) is 3. The lowest BCUT2D eigenvalue weighted by atomic mass is 9.45. The smallest absolute Gasteiger partial charge is 0.254 e. The summed E-state index contributed by atoms with van der Waals surface area (Å²) >= 11 is 0. The van der Waals surface area contributed by atoms with Gasteiger partial charge in [0.1, 0.15) is 12.1 Å². The summed E-state index contributed by atoms with van der Waals surface area (Å²) in [4.78, 5) is 34.8. The summed E-state index contributed by atoms with van der Waals surface area (Å²) in [6, 6.07) is 15.0. The van der Waals surface area contributed by atoms with Gasteiger partial charge in [0, 0.05) is 30.6 Å². The number of hydroxylamine groups is 2. The molecule has 3 N–H and O–H groups in total. The summed E-state index contributed by atoms with van der Waals surface area (Å²) in [5, 5.41) is 25.9. The first-order chi connectivity index (χ1) is 21.1. The van der Waals surface area contributed by atoms with Crippen LogP contribution in [0.3, 0.4) is 0 Å². The molecule has 2 aliphatic heterocycles. The van der Waals surface area contributed by atoms with Gasteiger partial charge in [0.2, 0.25) is 5.91 Å². The number of fused-ring (bicyclic) bond motifs is 2. The topological polar surface area (TPSA) is 112 Å². The predicted molar refractivity (Wildman–Crippen MR) is 166 cm³/mol. The van der Waals surface area contributed by atoms with Gasteiger partial charge in [-0.3, -0.25) is 14.4 Å². The second-order valence-electron chi connectivity index (χ2n) is 13.9. The second kappa shape index (κ2) is 12.5. The number of nitrogens with zero attached hydrogens (tertiary/aromatic N) is 2. The molecule has 2 heterocycles. The SMILES string of the molecule is C[C@@H]1[C@@H](NC(=O)[C@@H]2[C@H]([C@H](C)O)[C@H](CO)ON2Cc2cccc(-c3ccc(C(=O)N4CCOCC4)cc3)c2)C[C@H]2C[C@@H]1C2(C)C. The number of morpholine rings is 1. The fraction of sp³-hybridized carbons (Fsp3) is 0.600. The lowest BCUT2D eigenvalue weighted by Crippen LogP contribution is -2.62. The van der Waals surface area contributed by atoms with Crippen LogP contribution in [0.25, 0.3) is 11.1 Å². The molecule has 0 unspecified atom stereocenters. The predicted octanol–water partition coefficient (Wildman–Crippen LogP) is 3.49. The van der Waals surface area contributed by atoms with E-state index in [4.69, 9.17) is 9.57 Å². The van der Waals surface area contributed by atoms with Crippen molar-refractivity contribution in [1.29, 1.82) is 0 Å². The molecular formula is C35H47N3O6. The number of nitrogens with one attached hydrogen (secondary N) is 1. The van der Waals surface area contributed by atoms with Crippen LogP contribution in [0.2, 0.25) is 0 Å². The molecule has 2 aromatic carbocycles. The second-order valence-corrected chi connectivity index (χ2v) is 13.9. The van der Waals surface area contributed by atoms with Crippen molar-refractivity contribution in [1.82, 2.24) is 15.3 Å². The van der Waals surface area contributed by atoms with E-state index in [9.17, 15) is 19.8 Å². The van der Waals surface area contributed by atoms with Crippen molar-refractivity contribution >= 4 is 11.8 Å². The third-order valence-corrected chi connectivity index (χ3v) is 11.1. The molecule has 0 aromatic heterocycles. The van der Waals surface area contributed by atoms with Crippen molar-refractivity contribution in [2.45, 2.75) is 71.4 Å². The third kappa shape index (κ3) is 5.81. The van der Waals surface area contributed by atoms with Crippen LogP contribution < -0.4 is 5.32 Å². The fourth-order valence-corrected chi connectivity index (χ4v) is 8.27. The molecule has 2 saturated heterocycles. The van der Waals surface area contributed by atoms with E-state index in [-0.39, 0.29) is 24.5 Å². The molecule has 0 radical (unpaired) electrons. The zero-order valence-corrected chi connectivity index (χ0v) is 26.3. The average Bonchev–Trinajstić information content (AvgIpc) is 3.40. The maximum atomic E-state index is 13.9. The minimum absolute atomic E-state index is 0.0126. The van der Waals surface area contributed by atoms with Crippen LogP contribution in [0.4, 0.5) is 0 Å². The van der Waals surface area contributed by atoms with Gasteiger partial charge in [0.15, 0.2) is 0 Å². The molecular weight excluding hydrogens is 558 g/mol. The Balaban J connectivity index is 1.17. The zero-order valence-electron chi connectivity index (χ0n) is 26.3. The van der Waals surface area contributed by atoms with Crippen molar-refractivity contribution in [3.8, 4) is 11.1 Å². The number of rotatable bonds is 8. The van der Waals surface area contributed by atoms with Gasteiger partial charge in [-0.25, -0.2) is 0 Å². The zero-order chi connectivity index (χ0) is 31.2. The van der Waals surface area contributed by atoms with E-state index in [0.717, 1.165) is 23.1 Å². The van der Waals surface area contributed by atoms with Crippen LogP contribution in [0.5, 0.6) is 0 Å². The molecule has 2 amide bonds. The molecule has 2 bridgehead atoms. The highest BCUT2D eigenvalue weighted by molar-refractivity contribution is 5.94. The molecule has 238 valence electrons. The Bertz CT molecular complexity index is 1340. The van der Waals surface area contributed by atoms with Crippen molar-refractivity contribution in [2.75, 3.05) is 32.9 Å². The highest BCUT2D eigenvalue weighted by Gasteiger charge is 2.57.